The lowest BCUT2D eigenvalue weighted by Gasteiger charge is -2.16. The van der Waals surface area contributed by atoms with Gasteiger partial charge in [0.1, 0.15) is 11.8 Å². The number of carboxylic acid groups (broad SMARTS) is 1. The monoisotopic (exact) mass is 439 g/mol. The van der Waals surface area contributed by atoms with Crippen molar-refractivity contribution in [3.05, 3.63) is 60.2 Å². The van der Waals surface area contributed by atoms with Gasteiger partial charge in [0.15, 0.2) is 0 Å². The Balaban J connectivity index is 1.83. The van der Waals surface area contributed by atoms with E-state index >= 15 is 0 Å². The number of hydrogen-bond acceptors (Lipinski definition) is 5. The fourth-order valence-electron chi connectivity index (χ4n) is 3.31. The lowest BCUT2D eigenvalue weighted by molar-refractivity contribution is -0.142. The predicted octanol–water partition coefficient (Wildman–Crippen LogP) is 4.30. The summed E-state index contributed by atoms with van der Waals surface area (Å²) in [4.78, 5) is 23.4. The van der Waals surface area contributed by atoms with E-state index in [-0.39, 0.29) is 18.2 Å². The van der Waals surface area contributed by atoms with Crippen LogP contribution in [0.4, 0.5) is 11.4 Å². The Morgan fingerprint density at radius 3 is 2.44 bits per heavy atom. The smallest absolute Gasteiger partial charge is 0.326 e. The molecule has 32 heavy (non-hydrogen) atoms. The molecule has 0 aliphatic heterocycles. The number of amides is 1. The topological polar surface area (TPSA) is 114 Å². The number of carboxylic acids is 1. The van der Waals surface area contributed by atoms with Crippen molar-refractivity contribution < 1.29 is 19.4 Å². The highest BCUT2D eigenvalue weighted by Gasteiger charge is 2.20. The molecule has 0 heterocycles. The zero-order valence-electron chi connectivity index (χ0n) is 19.0. The Morgan fingerprint density at radius 1 is 1.16 bits per heavy atom. The normalized spacial score (nSPS) is 11.6. The maximum Gasteiger partial charge on any atom is 0.326 e. The van der Waals surface area contributed by atoms with E-state index in [2.05, 4.69) is 17.2 Å². The molecule has 2 aromatic rings. The zero-order chi connectivity index (χ0) is 23.7. The molecule has 1 atom stereocenters. The second kappa shape index (κ2) is 11.8. The third-order valence-corrected chi connectivity index (χ3v) is 5.04. The SMILES string of the molecule is C=C(Nc1ccc(CCCC(=O)N[C@@H](CC(C)C)C(=O)O)cc1)c1ccc(N)c(OC)c1. The van der Waals surface area contributed by atoms with Crippen LogP contribution in [-0.2, 0) is 16.0 Å². The lowest BCUT2D eigenvalue weighted by atomic mass is 10.0. The highest BCUT2D eigenvalue weighted by Crippen LogP contribution is 2.26. The van der Waals surface area contributed by atoms with Gasteiger partial charge in [-0.2, -0.15) is 0 Å². The van der Waals surface area contributed by atoms with Crippen LogP contribution in [0.25, 0.3) is 5.70 Å². The summed E-state index contributed by atoms with van der Waals surface area (Å²) in [7, 11) is 1.57. The molecule has 7 nitrogen and oxygen atoms in total. The minimum Gasteiger partial charge on any atom is -0.495 e. The van der Waals surface area contributed by atoms with Gasteiger partial charge in [0.25, 0.3) is 0 Å². The number of nitrogen functional groups attached to an aromatic ring is 1. The Bertz CT molecular complexity index is 939. The minimum atomic E-state index is -0.992. The molecule has 1 amide bonds. The van der Waals surface area contributed by atoms with E-state index in [1.54, 1.807) is 13.2 Å². The Hall–Kier alpha value is -3.48. The number of carbonyl (C=O) groups excluding carboxylic acids is 1. The first-order valence-corrected chi connectivity index (χ1v) is 10.7. The highest BCUT2D eigenvalue weighted by molar-refractivity contribution is 5.83. The molecule has 2 aromatic carbocycles. The fraction of sp³-hybridized carbons (Fsp3) is 0.360. The molecule has 172 valence electrons. The molecule has 2 rings (SSSR count). The number of hydrogen-bond donors (Lipinski definition) is 4. The number of rotatable bonds is 12. The van der Waals surface area contributed by atoms with Crippen LogP contribution in [0.2, 0.25) is 0 Å². The molecule has 0 fully saturated rings. The van der Waals surface area contributed by atoms with Gasteiger partial charge in [0.05, 0.1) is 12.8 Å². The fourth-order valence-corrected chi connectivity index (χ4v) is 3.31. The van der Waals surface area contributed by atoms with Gasteiger partial charge in [-0.25, -0.2) is 4.79 Å². The van der Waals surface area contributed by atoms with Gasteiger partial charge in [-0.3, -0.25) is 4.79 Å². The molecular weight excluding hydrogens is 406 g/mol. The summed E-state index contributed by atoms with van der Waals surface area (Å²) >= 11 is 0. The molecule has 0 saturated carbocycles. The van der Waals surface area contributed by atoms with Crippen LogP contribution in [0.5, 0.6) is 5.75 Å². The van der Waals surface area contributed by atoms with Crippen molar-refractivity contribution in [2.45, 2.75) is 45.6 Å². The summed E-state index contributed by atoms with van der Waals surface area (Å²) in [5.74, 6) is -0.425. The lowest BCUT2D eigenvalue weighted by Crippen LogP contribution is -2.41. The van der Waals surface area contributed by atoms with E-state index in [1.165, 1.54) is 0 Å². The van der Waals surface area contributed by atoms with Crippen LogP contribution in [0.1, 0.15) is 44.2 Å². The van der Waals surface area contributed by atoms with Crippen LogP contribution in [0.3, 0.4) is 0 Å². The van der Waals surface area contributed by atoms with Crippen molar-refractivity contribution in [1.29, 1.82) is 0 Å². The standard InChI is InChI=1S/C25H33N3O4/c1-16(2)14-22(25(30)31)28-24(29)7-5-6-18-8-11-20(12-9-18)27-17(3)19-10-13-21(26)23(15-19)32-4/h8-13,15-16,22,27H,3,5-7,14,26H2,1-2,4H3,(H,28,29)(H,30,31)/t22-/m0/s1. The van der Waals surface area contributed by atoms with Crippen LogP contribution in [0.15, 0.2) is 49.0 Å². The highest BCUT2D eigenvalue weighted by atomic mass is 16.5. The molecule has 0 spiro atoms. The molecule has 0 bridgehead atoms. The number of anilines is 2. The van der Waals surface area contributed by atoms with Gasteiger partial charge in [-0.1, -0.05) is 38.6 Å². The van der Waals surface area contributed by atoms with Crippen molar-refractivity contribution in [3.8, 4) is 5.75 Å². The second-order valence-corrected chi connectivity index (χ2v) is 8.20. The van der Waals surface area contributed by atoms with Crippen LogP contribution >= 0.6 is 0 Å². The zero-order valence-corrected chi connectivity index (χ0v) is 19.0. The summed E-state index contributed by atoms with van der Waals surface area (Å²) in [6.45, 7) is 7.94. The number of carbonyl (C=O) groups is 2. The summed E-state index contributed by atoms with van der Waals surface area (Å²) in [6, 6.07) is 12.6. The van der Waals surface area contributed by atoms with Gasteiger partial charge < -0.3 is 26.2 Å². The molecule has 5 N–H and O–H groups in total. The van der Waals surface area contributed by atoms with Crippen molar-refractivity contribution in [2.24, 2.45) is 5.92 Å². The Morgan fingerprint density at radius 2 is 1.84 bits per heavy atom. The third-order valence-electron chi connectivity index (χ3n) is 5.04. The van der Waals surface area contributed by atoms with E-state index < -0.39 is 12.0 Å². The summed E-state index contributed by atoms with van der Waals surface area (Å²) in [6.07, 6.45) is 2.08. The first kappa shape index (κ1) is 24.8. The van der Waals surface area contributed by atoms with E-state index in [9.17, 15) is 14.7 Å². The van der Waals surface area contributed by atoms with Gasteiger partial charge >= 0.3 is 5.97 Å². The quantitative estimate of drug-likeness (QED) is 0.367. The average Bonchev–Trinajstić information content (AvgIpc) is 2.74. The maximum absolute atomic E-state index is 12.1. The molecule has 0 aliphatic carbocycles. The minimum absolute atomic E-state index is 0.196. The van der Waals surface area contributed by atoms with E-state index in [4.69, 9.17) is 10.5 Å². The van der Waals surface area contributed by atoms with Gasteiger partial charge in [-0.05, 0) is 55.0 Å². The number of methoxy groups -OCH3 is 1. The largest absolute Gasteiger partial charge is 0.495 e. The van der Waals surface area contributed by atoms with E-state index in [1.807, 2.05) is 50.2 Å². The molecule has 0 saturated heterocycles. The molecule has 7 heteroatoms. The first-order valence-electron chi connectivity index (χ1n) is 10.7. The molecule has 0 aromatic heterocycles. The van der Waals surface area contributed by atoms with Gasteiger partial charge in [-0.15, -0.1) is 0 Å². The van der Waals surface area contributed by atoms with Crippen molar-refractivity contribution in [2.75, 3.05) is 18.2 Å². The number of nitrogens with one attached hydrogen (secondary N) is 2. The van der Waals surface area contributed by atoms with Crippen LogP contribution < -0.4 is 21.1 Å². The number of aliphatic carboxylic acids is 1. The number of ether oxygens (including phenoxy) is 1. The Kier molecular flexibility index (Phi) is 9.13. The van der Waals surface area contributed by atoms with Crippen molar-refractivity contribution >= 4 is 28.9 Å². The average molecular weight is 440 g/mol. The number of benzene rings is 2. The summed E-state index contributed by atoms with van der Waals surface area (Å²) in [5.41, 5.74) is 10.0. The molecule has 0 radical (unpaired) electrons. The predicted molar refractivity (Wildman–Crippen MR) is 128 cm³/mol. The maximum atomic E-state index is 12.1. The van der Waals surface area contributed by atoms with Crippen LogP contribution in [-0.4, -0.2) is 30.1 Å². The van der Waals surface area contributed by atoms with Gasteiger partial charge in [0, 0.05) is 23.4 Å². The molecular formula is C25H33N3O4. The van der Waals surface area contributed by atoms with E-state index in [0.717, 1.165) is 28.9 Å². The molecule has 0 unspecified atom stereocenters. The number of nitrogens with two attached hydrogens (primary N) is 1. The Labute approximate surface area is 189 Å². The van der Waals surface area contributed by atoms with Gasteiger partial charge in [0.2, 0.25) is 5.91 Å². The summed E-state index contributed by atoms with van der Waals surface area (Å²) in [5, 5.41) is 15.1. The second-order valence-electron chi connectivity index (χ2n) is 8.20. The van der Waals surface area contributed by atoms with E-state index in [0.29, 0.717) is 24.3 Å². The van der Waals surface area contributed by atoms with Crippen molar-refractivity contribution in [1.82, 2.24) is 5.32 Å². The van der Waals surface area contributed by atoms with Crippen LogP contribution in [0, 0.1) is 5.92 Å². The third kappa shape index (κ3) is 7.65. The van der Waals surface area contributed by atoms with Crippen molar-refractivity contribution in [3.63, 3.8) is 0 Å². The molecule has 0 aliphatic rings. The first-order chi connectivity index (χ1) is 15.2. The summed E-state index contributed by atoms with van der Waals surface area (Å²) < 4.78 is 5.25. The number of aryl methyl sites for hydroxylation is 1.